The van der Waals surface area contributed by atoms with Crippen molar-refractivity contribution in [2.75, 3.05) is 31.4 Å². The number of carbonyl (C=O) groups is 1. The van der Waals surface area contributed by atoms with Crippen molar-refractivity contribution in [2.45, 2.75) is 6.10 Å². The molecule has 2 rings (SSSR count). The normalized spacial score (nSPS) is 19.0. The van der Waals surface area contributed by atoms with Gasteiger partial charge in [-0.25, -0.2) is 4.79 Å². The quantitative estimate of drug-likeness (QED) is 0.755. The molecule has 0 unspecified atom stereocenters. The summed E-state index contributed by atoms with van der Waals surface area (Å²) in [4.78, 5) is 13.1. The van der Waals surface area contributed by atoms with Crippen LogP contribution in [-0.2, 0) is 19.0 Å². The van der Waals surface area contributed by atoms with Crippen LogP contribution in [0.1, 0.15) is 0 Å². The predicted molar refractivity (Wildman–Crippen MR) is 71.4 cm³/mol. The van der Waals surface area contributed by atoms with Gasteiger partial charge in [0, 0.05) is 5.69 Å². The van der Waals surface area contributed by atoms with Crippen LogP contribution in [0.5, 0.6) is 5.75 Å². The summed E-state index contributed by atoms with van der Waals surface area (Å²) in [6, 6.07) is 6.89. The Morgan fingerprint density at radius 1 is 1.35 bits per heavy atom. The fraction of sp³-hybridized carbons (Fsp3) is 0.417. The number of nitrogens with zero attached hydrogens (tertiary/aromatic N) is 1. The van der Waals surface area contributed by atoms with Crippen molar-refractivity contribution in [1.82, 2.24) is 0 Å². The number of hydrogen-bond donors (Lipinski definition) is 0. The van der Waals surface area contributed by atoms with Gasteiger partial charge in [0.2, 0.25) is 0 Å². The number of carbonyl (C=O) groups excluding carboxylic acids is 1. The van der Waals surface area contributed by atoms with Crippen LogP contribution in [0.2, 0.25) is 0 Å². The van der Waals surface area contributed by atoms with E-state index in [4.69, 9.17) is 9.47 Å². The van der Waals surface area contributed by atoms with E-state index < -0.39 is 22.3 Å². The van der Waals surface area contributed by atoms with E-state index >= 15 is 0 Å². The van der Waals surface area contributed by atoms with Crippen molar-refractivity contribution in [1.29, 1.82) is 0 Å². The number of rotatable bonds is 5. The van der Waals surface area contributed by atoms with Gasteiger partial charge in [-0.2, -0.15) is 8.42 Å². The smallest absolute Gasteiger partial charge is 0.414 e. The lowest BCUT2D eigenvalue weighted by Crippen LogP contribution is -2.26. The molecule has 1 aliphatic heterocycles. The lowest BCUT2D eigenvalue weighted by molar-refractivity contribution is 0.107. The second kappa shape index (κ2) is 5.68. The third-order valence-electron chi connectivity index (χ3n) is 2.73. The van der Waals surface area contributed by atoms with Crippen LogP contribution in [0.3, 0.4) is 0 Å². The lowest BCUT2D eigenvalue weighted by atomic mass is 10.2. The molecule has 0 radical (unpaired) electrons. The molecular formula is C12H15NO6S. The van der Waals surface area contributed by atoms with Gasteiger partial charge in [-0.1, -0.05) is 0 Å². The second-order valence-electron chi connectivity index (χ2n) is 4.30. The molecule has 1 aromatic rings. The first-order valence-corrected chi connectivity index (χ1v) is 7.67. The van der Waals surface area contributed by atoms with E-state index in [0.29, 0.717) is 11.4 Å². The van der Waals surface area contributed by atoms with E-state index in [1.807, 2.05) is 0 Å². The Balaban J connectivity index is 2.01. The van der Waals surface area contributed by atoms with Crippen LogP contribution in [0, 0.1) is 0 Å². The molecule has 0 saturated carbocycles. The van der Waals surface area contributed by atoms with Crippen LogP contribution >= 0.6 is 0 Å². The second-order valence-corrected chi connectivity index (χ2v) is 5.95. The number of hydrogen-bond acceptors (Lipinski definition) is 6. The Bertz CT molecular complexity index is 582. The maximum absolute atomic E-state index is 11.7. The van der Waals surface area contributed by atoms with E-state index in [2.05, 4.69) is 4.18 Å². The van der Waals surface area contributed by atoms with Gasteiger partial charge in [-0.3, -0.25) is 9.08 Å². The molecule has 1 amide bonds. The zero-order chi connectivity index (χ0) is 14.8. The van der Waals surface area contributed by atoms with Gasteiger partial charge in [0.05, 0.1) is 19.9 Å². The average Bonchev–Trinajstić information content (AvgIpc) is 2.77. The van der Waals surface area contributed by atoms with E-state index in [9.17, 15) is 13.2 Å². The van der Waals surface area contributed by atoms with Gasteiger partial charge in [-0.05, 0) is 24.3 Å². The summed E-state index contributed by atoms with van der Waals surface area (Å²) in [5.41, 5.74) is 0.651. The number of benzene rings is 1. The van der Waals surface area contributed by atoms with Crippen molar-refractivity contribution in [2.24, 2.45) is 0 Å². The highest BCUT2D eigenvalue weighted by atomic mass is 32.2. The molecule has 0 bridgehead atoms. The number of methoxy groups -OCH3 is 1. The Morgan fingerprint density at radius 3 is 2.55 bits per heavy atom. The SMILES string of the molecule is COc1ccc(N2C[C@H](COS(C)(=O)=O)OC2=O)cc1. The van der Waals surface area contributed by atoms with Gasteiger partial charge in [0.1, 0.15) is 18.5 Å². The van der Waals surface area contributed by atoms with Crippen molar-refractivity contribution >= 4 is 21.9 Å². The zero-order valence-corrected chi connectivity index (χ0v) is 11.9. The van der Waals surface area contributed by atoms with Crippen LogP contribution < -0.4 is 9.64 Å². The molecule has 0 N–H and O–H groups in total. The Kier molecular flexibility index (Phi) is 4.15. The third kappa shape index (κ3) is 3.61. The molecular weight excluding hydrogens is 286 g/mol. The molecule has 1 heterocycles. The van der Waals surface area contributed by atoms with Gasteiger partial charge in [-0.15, -0.1) is 0 Å². The maximum atomic E-state index is 11.7. The largest absolute Gasteiger partial charge is 0.497 e. The first-order valence-electron chi connectivity index (χ1n) is 5.85. The van der Waals surface area contributed by atoms with Gasteiger partial charge >= 0.3 is 6.09 Å². The summed E-state index contributed by atoms with van der Waals surface area (Å²) in [6.45, 7) is 0.0535. The Hall–Kier alpha value is -1.80. The molecule has 0 aromatic heterocycles. The molecule has 1 fully saturated rings. The van der Waals surface area contributed by atoms with E-state index in [1.54, 1.807) is 31.4 Å². The number of anilines is 1. The highest BCUT2D eigenvalue weighted by Gasteiger charge is 2.33. The van der Waals surface area contributed by atoms with Crippen molar-refractivity contribution < 1.29 is 26.9 Å². The zero-order valence-electron chi connectivity index (χ0n) is 11.1. The number of amides is 1. The fourth-order valence-corrected chi connectivity index (χ4v) is 2.18. The maximum Gasteiger partial charge on any atom is 0.414 e. The van der Waals surface area contributed by atoms with Gasteiger partial charge in [0.25, 0.3) is 10.1 Å². The molecule has 1 aromatic carbocycles. The molecule has 8 heteroatoms. The highest BCUT2D eigenvalue weighted by molar-refractivity contribution is 7.85. The summed E-state index contributed by atoms with van der Waals surface area (Å²) in [5, 5.41) is 0. The van der Waals surface area contributed by atoms with Crippen LogP contribution in [-0.4, -0.2) is 47.1 Å². The summed E-state index contributed by atoms with van der Waals surface area (Å²) in [7, 11) is -1.99. The van der Waals surface area contributed by atoms with Crippen LogP contribution in [0.15, 0.2) is 24.3 Å². The standard InChI is InChI=1S/C12H15NO6S/c1-17-10-5-3-9(4-6-10)13-7-11(19-12(13)14)8-18-20(2,15)16/h3-6,11H,7-8H2,1-2H3/t11-/m1/s1. The third-order valence-corrected chi connectivity index (χ3v) is 3.29. The number of ether oxygens (including phenoxy) is 2. The summed E-state index contributed by atoms with van der Waals surface area (Å²) >= 11 is 0. The molecule has 20 heavy (non-hydrogen) atoms. The Morgan fingerprint density at radius 2 is 2.00 bits per heavy atom. The predicted octanol–water partition coefficient (Wildman–Crippen LogP) is 0.997. The summed E-state index contributed by atoms with van der Waals surface area (Å²) in [6.07, 6.45) is -0.193. The molecule has 1 atom stereocenters. The molecule has 7 nitrogen and oxygen atoms in total. The molecule has 110 valence electrons. The monoisotopic (exact) mass is 301 g/mol. The first-order chi connectivity index (χ1) is 9.39. The van der Waals surface area contributed by atoms with Gasteiger partial charge in [0.15, 0.2) is 0 Å². The van der Waals surface area contributed by atoms with Crippen LogP contribution in [0.4, 0.5) is 10.5 Å². The van der Waals surface area contributed by atoms with E-state index in [-0.39, 0.29) is 13.2 Å². The Labute approximate surface area is 117 Å². The topological polar surface area (TPSA) is 82.1 Å². The van der Waals surface area contributed by atoms with Crippen molar-refractivity contribution in [3.63, 3.8) is 0 Å². The molecule has 1 aliphatic rings. The minimum Gasteiger partial charge on any atom is -0.497 e. The minimum atomic E-state index is -3.55. The van der Waals surface area contributed by atoms with E-state index in [1.165, 1.54) is 4.90 Å². The first kappa shape index (κ1) is 14.6. The van der Waals surface area contributed by atoms with Crippen LogP contribution in [0.25, 0.3) is 0 Å². The molecule has 0 spiro atoms. The van der Waals surface area contributed by atoms with E-state index in [0.717, 1.165) is 6.26 Å². The lowest BCUT2D eigenvalue weighted by Gasteiger charge is -2.13. The molecule has 0 aliphatic carbocycles. The highest BCUT2D eigenvalue weighted by Crippen LogP contribution is 2.24. The van der Waals surface area contributed by atoms with Crippen molar-refractivity contribution in [3.8, 4) is 5.75 Å². The van der Waals surface area contributed by atoms with Gasteiger partial charge < -0.3 is 9.47 Å². The minimum absolute atomic E-state index is 0.183. The summed E-state index contributed by atoms with van der Waals surface area (Å²) < 4.78 is 36.5. The molecule has 1 saturated heterocycles. The summed E-state index contributed by atoms with van der Waals surface area (Å²) in [5.74, 6) is 0.679. The van der Waals surface area contributed by atoms with Crippen molar-refractivity contribution in [3.05, 3.63) is 24.3 Å². The average molecular weight is 301 g/mol. The fourth-order valence-electron chi connectivity index (χ4n) is 1.78. The number of cyclic esters (lactones) is 1.